The van der Waals surface area contributed by atoms with Crippen LogP contribution in [0.4, 0.5) is 13.6 Å². The predicted octanol–water partition coefficient (Wildman–Crippen LogP) is 2.53. The van der Waals surface area contributed by atoms with E-state index in [0.717, 1.165) is 16.9 Å². The molecule has 0 atom stereocenters. The number of hydrogen-bond acceptors (Lipinski definition) is 3. The van der Waals surface area contributed by atoms with E-state index < -0.39 is 6.43 Å². The maximum Gasteiger partial charge on any atom is 0.315 e. The molecule has 0 saturated carbocycles. The van der Waals surface area contributed by atoms with E-state index in [1.54, 1.807) is 12.0 Å². The monoisotopic (exact) mass is 341 g/mol. The summed E-state index contributed by atoms with van der Waals surface area (Å²) in [5.41, 5.74) is 2.01. The van der Waals surface area contributed by atoms with Crippen molar-refractivity contribution in [2.24, 2.45) is 0 Å². The number of piperidine rings is 1. The number of nitrogens with one attached hydrogen (secondary N) is 2. The number of alkyl halides is 2. The fourth-order valence-electron chi connectivity index (χ4n) is 2.92. The second-order valence-corrected chi connectivity index (χ2v) is 6.10. The minimum absolute atomic E-state index is 0.0384. The molecule has 1 aromatic carbocycles. The number of nitrogens with zero attached hydrogens (tertiary/aromatic N) is 1. The Balaban J connectivity index is 1.71. The number of likely N-dealkylation sites (tertiary alicyclic amines) is 1. The highest BCUT2D eigenvalue weighted by Gasteiger charge is 2.22. The SMILES string of the molecule is COc1ccc(CNC(=O)NC2CCN(CC(F)F)CC2)cc1C. The highest BCUT2D eigenvalue weighted by Crippen LogP contribution is 2.18. The second kappa shape index (κ2) is 8.82. The van der Waals surface area contributed by atoms with Crippen molar-refractivity contribution in [1.29, 1.82) is 0 Å². The molecule has 0 radical (unpaired) electrons. The Morgan fingerprint density at radius 2 is 2.08 bits per heavy atom. The number of aryl methyl sites for hydroxylation is 1. The van der Waals surface area contributed by atoms with Crippen molar-refractivity contribution >= 4 is 6.03 Å². The van der Waals surface area contributed by atoms with E-state index in [1.807, 2.05) is 25.1 Å². The van der Waals surface area contributed by atoms with E-state index in [2.05, 4.69) is 10.6 Å². The van der Waals surface area contributed by atoms with Gasteiger partial charge in [-0.1, -0.05) is 12.1 Å². The van der Waals surface area contributed by atoms with Crippen molar-refractivity contribution < 1.29 is 18.3 Å². The molecule has 1 saturated heterocycles. The maximum absolute atomic E-state index is 12.3. The number of urea groups is 1. The third kappa shape index (κ3) is 5.63. The molecular formula is C17H25F2N3O2. The van der Waals surface area contributed by atoms with Crippen LogP contribution in [0, 0.1) is 6.92 Å². The number of benzene rings is 1. The fourth-order valence-corrected chi connectivity index (χ4v) is 2.92. The molecule has 5 nitrogen and oxygen atoms in total. The van der Waals surface area contributed by atoms with E-state index >= 15 is 0 Å². The Labute approximate surface area is 141 Å². The third-order valence-electron chi connectivity index (χ3n) is 4.23. The number of carbonyl (C=O) groups excluding carboxylic acids is 1. The molecule has 2 N–H and O–H groups in total. The molecule has 1 aliphatic heterocycles. The first-order valence-corrected chi connectivity index (χ1v) is 8.16. The molecule has 2 rings (SSSR count). The average molecular weight is 341 g/mol. The predicted molar refractivity (Wildman–Crippen MR) is 88.6 cm³/mol. The molecule has 1 aromatic rings. The summed E-state index contributed by atoms with van der Waals surface area (Å²) in [5.74, 6) is 0.818. The van der Waals surface area contributed by atoms with Gasteiger partial charge in [0.1, 0.15) is 5.75 Å². The van der Waals surface area contributed by atoms with Gasteiger partial charge in [-0.05, 0) is 37.0 Å². The Kier molecular flexibility index (Phi) is 6.78. The first-order chi connectivity index (χ1) is 11.5. The number of methoxy groups -OCH3 is 1. The number of amides is 2. The van der Waals surface area contributed by atoms with Crippen LogP contribution < -0.4 is 15.4 Å². The number of ether oxygens (including phenoxy) is 1. The zero-order valence-corrected chi connectivity index (χ0v) is 14.1. The van der Waals surface area contributed by atoms with Crippen molar-refractivity contribution in [3.63, 3.8) is 0 Å². The van der Waals surface area contributed by atoms with Crippen molar-refractivity contribution in [2.75, 3.05) is 26.7 Å². The Morgan fingerprint density at radius 3 is 2.67 bits per heavy atom. The van der Waals surface area contributed by atoms with Gasteiger partial charge in [-0.15, -0.1) is 0 Å². The molecule has 0 aliphatic carbocycles. The lowest BCUT2D eigenvalue weighted by atomic mass is 10.1. The molecule has 24 heavy (non-hydrogen) atoms. The fraction of sp³-hybridized carbons (Fsp3) is 0.588. The van der Waals surface area contributed by atoms with Crippen molar-refractivity contribution in [3.05, 3.63) is 29.3 Å². The third-order valence-corrected chi connectivity index (χ3v) is 4.23. The quantitative estimate of drug-likeness (QED) is 0.836. The van der Waals surface area contributed by atoms with Crippen molar-refractivity contribution in [2.45, 2.75) is 38.8 Å². The molecule has 1 aliphatic rings. The van der Waals surface area contributed by atoms with Crippen LogP contribution in [0.25, 0.3) is 0 Å². The van der Waals surface area contributed by atoms with Gasteiger partial charge >= 0.3 is 6.03 Å². The number of hydrogen-bond donors (Lipinski definition) is 2. The van der Waals surface area contributed by atoms with Crippen LogP contribution in [0.15, 0.2) is 18.2 Å². The molecule has 0 aromatic heterocycles. The van der Waals surface area contributed by atoms with E-state index in [1.165, 1.54) is 0 Å². The van der Waals surface area contributed by atoms with Crippen LogP contribution in [-0.2, 0) is 6.54 Å². The zero-order valence-electron chi connectivity index (χ0n) is 14.1. The molecule has 0 bridgehead atoms. The minimum Gasteiger partial charge on any atom is -0.496 e. The lowest BCUT2D eigenvalue weighted by Crippen LogP contribution is -2.48. The Morgan fingerprint density at radius 1 is 1.38 bits per heavy atom. The van der Waals surface area contributed by atoms with Crippen LogP contribution >= 0.6 is 0 Å². The van der Waals surface area contributed by atoms with Gasteiger partial charge in [0.15, 0.2) is 0 Å². The molecule has 1 fully saturated rings. The van der Waals surface area contributed by atoms with Crippen LogP contribution in [0.5, 0.6) is 5.75 Å². The summed E-state index contributed by atoms with van der Waals surface area (Å²) in [5, 5.41) is 5.74. The summed E-state index contributed by atoms with van der Waals surface area (Å²) in [6, 6.07) is 5.58. The van der Waals surface area contributed by atoms with Gasteiger partial charge in [-0.25, -0.2) is 13.6 Å². The van der Waals surface area contributed by atoms with Gasteiger partial charge < -0.3 is 15.4 Å². The number of halogens is 2. The Bertz CT molecular complexity index is 547. The summed E-state index contributed by atoms with van der Waals surface area (Å²) in [4.78, 5) is 13.7. The summed E-state index contributed by atoms with van der Waals surface area (Å²) in [6.45, 7) is 3.38. The molecule has 0 spiro atoms. The summed E-state index contributed by atoms with van der Waals surface area (Å²) in [6.07, 6.45) is -0.908. The van der Waals surface area contributed by atoms with Gasteiger partial charge in [0.2, 0.25) is 0 Å². The highest BCUT2D eigenvalue weighted by atomic mass is 19.3. The first kappa shape index (κ1) is 18.4. The summed E-state index contributed by atoms with van der Waals surface area (Å²) >= 11 is 0. The Hall–Kier alpha value is -1.89. The summed E-state index contributed by atoms with van der Waals surface area (Å²) < 4.78 is 29.9. The number of carbonyl (C=O) groups is 1. The van der Waals surface area contributed by atoms with E-state index in [4.69, 9.17) is 4.74 Å². The van der Waals surface area contributed by atoms with E-state index in [-0.39, 0.29) is 18.6 Å². The van der Waals surface area contributed by atoms with Crippen molar-refractivity contribution in [3.8, 4) is 5.75 Å². The lowest BCUT2D eigenvalue weighted by molar-refractivity contribution is 0.0737. The standard InChI is InChI=1S/C17H25F2N3O2/c1-12-9-13(3-4-15(12)24-2)10-20-17(23)21-14-5-7-22(8-6-14)11-16(18)19/h3-4,9,14,16H,5-8,10-11H2,1-2H3,(H2,20,21,23). The first-order valence-electron chi connectivity index (χ1n) is 8.16. The van der Waals surface area contributed by atoms with Gasteiger partial charge in [-0.3, -0.25) is 4.90 Å². The number of rotatable bonds is 6. The molecule has 134 valence electrons. The van der Waals surface area contributed by atoms with Crippen LogP contribution in [0.2, 0.25) is 0 Å². The summed E-state index contributed by atoms with van der Waals surface area (Å²) in [7, 11) is 1.63. The van der Waals surface area contributed by atoms with Gasteiger partial charge in [-0.2, -0.15) is 0 Å². The smallest absolute Gasteiger partial charge is 0.315 e. The van der Waals surface area contributed by atoms with Crippen LogP contribution in [0.3, 0.4) is 0 Å². The van der Waals surface area contributed by atoms with Gasteiger partial charge in [0.05, 0.1) is 13.7 Å². The van der Waals surface area contributed by atoms with Crippen LogP contribution in [-0.4, -0.2) is 50.1 Å². The largest absolute Gasteiger partial charge is 0.496 e. The molecule has 1 heterocycles. The lowest BCUT2D eigenvalue weighted by Gasteiger charge is -2.32. The van der Waals surface area contributed by atoms with Gasteiger partial charge in [0.25, 0.3) is 6.43 Å². The van der Waals surface area contributed by atoms with E-state index in [0.29, 0.717) is 32.5 Å². The topological polar surface area (TPSA) is 53.6 Å². The van der Waals surface area contributed by atoms with Crippen LogP contribution in [0.1, 0.15) is 24.0 Å². The van der Waals surface area contributed by atoms with Crippen molar-refractivity contribution in [1.82, 2.24) is 15.5 Å². The molecule has 2 amide bonds. The molecule has 0 unspecified atom stereocenters. The zero-order chi connectivity index (χ0) is 17.5. The average Bonchev–Trinajstić information content (AvgIpc) is 2.54. The molecular weight excluding hydrogens is 316 g/mol. The maximum atomic E-state index is 12.3. The minimum atomic E-state index is -2.30. The molecule has 7 heteroatoms. The normalized spacial score (nSPS) is 16.2. The second-order valence-electron chi connectivity index (χ2n) is 6.10. The highest BCUT2D eigenvalue weighted by molar-refractivity contribution is 5.74. The van der Waals surface area contributed by atoms with E-state index in [9.17, 15) is 13.6 Å². The van der Waals surface area contributed by atoms with Gasteiger partial charge in [0, 0.05) is 25.7 Å².